The molecule has 7 atom stereocenters. The molecule has 0 aromatic carbocycles. The number of carbonyl (C=O) groups excluding carboxylic acids is 2. The fourth-order valence-corrected chi connectivity index (χ4v) is 7.60. The smallest absolute Gasteiger partial charge is 0.311 e. The highest BCUT2D eigenvalue weighted by Crippen LogP contribution is 2.68. The summed E-state index contributed by atoms with van der Waals surface area (Å²) < 4.78 is 23.8. The molecular formula is C23H36O6. The van der Waals surface area contributed by atoms with Crippen LogP contribution in [0.15, 0.2) is 0 Å². The molecule has 2 heterocycles. The van der Waals surface area contributed by atoms with Crippen LogP contribution in [0.25, 0.3) is 0 Å². The van der Waals surface area contributed by atoms with Crippen molar-refractivity contribution in [2.45, 2.75) is 103 Å². The molecule has 164 valence electrons. The molecule has 2 saturated heterocycles. The molecule has 2 saturated carbocycles. The van der Waals surface area contributed by atoms with E-state index in [1.54, 1.807) is 7.11 Å². The SMILES string of the molecule is CO[C@H]1OC(=O)C[C@@]12CC[C@@]1(O2)[C@H](C)CC[C@H]2C(C)(C)[C@@H](OC(C)=O)CC[C@@]21C. The molecular weight excluding hydrogens is 372 g/mol. The van der Waals surface area contributed by atoms with Gasteiger partial charge in [-0.25, -0.2) is 0 Å². The quantitative estimate of drug-likeness (QED) is 0.643. The number of hydrogen-bond donors (Lipinski definition) is 0. The molecule has 4 rings (SSSR count). The predicted octanol–water partition coefficient (Wildman–Crippen LogP) is 4.00. The van der Waals surface area contributed by atoms with Crippen LogP contribution >= 0.6 is 0 Å². The highest BCUT2D eigenvalue weighted by Gasteiger charge is 2.71. The van der Waals surface area contributed by atoms with E-state index < -0.39 is 11.9 Å². The average Bonchev–Trinajstić information content (AvgIpc) is 3.17. The molecule has 6 nitrogen and oxygen atoms in total. The second-order valence-corrected chi connectivity index (χ2v) is 10.7. The minimum absolute atomic E-state index is 0.0573. The van der Waals surface area contributed by atoms with Gasteiger partial charge in [-0.2, -0.15) is 0 Å². The minimum Gasteiger partial charge on any atom is -0.462 e. The number of esters is 2. The number of cyclic esters (lactones) is 1. The van der Waals surface area contributed by atoms with E-state index in [1.165, 1.54) is 6.92 Å². The lowest BCUT2D eigenvalue weighted by atomic mass is 9.44. The second-order valence-electron chi connectivity index (χ2n) is 10.7. The summed E-state index contributed by atoms with van der Waals surface area (Å²) in [6.07, 6.45) is 5.21. The lowest BCUT2D eigenvalue weighted by Crippen LogP contribution is -2.65. The van der Waals surface area contributed by atoms with Crippen LogP contribution in [0, 0.1) is 22.7 Å². The molecule has 29 heavy (non-hydrogen) atoms. The van der Waals surface area contributed by atoms with Crippen molar-refractivity contribution in [1.29, 1.82) is 0 Å². The van der Waals surface area contributed by atoms with Gasteiger partial charge in [0.25, 0.3) is 0 Å². The van der Waals surface area contributed by atoms with Crippen molar-refractivity contribution >= 4 is 11.9 Å². The van der Waals surface area contributed by atoms with Crippen LogP contribution in [-0.2, 0) is 28.5 Å². The third kappa shape index (κ3) is 2.81. The molecule has 0 amide bonds. The van der Waals surface area contributed by atoms with E-state index >= 15 is 0 Å². The molecule has 6 heteroatoms. The lowest BCUT2D eigenvalue weighted by Gasteiger charge is -2.65. The molecule has 0 aromatic rings. The molecule has 4 fully saturated rings. The largest absolute Gasteiger partial charge is 0.462 e. The fourth-order valence-electron chi connectivity index (χ4n) is 7.60. The molecule has 0 N–H and O–H groups in total. The van der Waals surface area contributed by atoms with Crippen molar-refractivity contribution in [3.8, 4) is 0 Å². The first-order chi connectivity index (χ1) is 13.5. The Bertz CT molecular complexity index is 703. The third-order valence-corrected chi connectivity index (χ3v) is 9.01. The van der Waals surface area contributed by atoms with Crippen molar-refractivity contribution in [3.63, 3.8) is 0 Å². The first-order valence-electron chi connectivity index (χ1n) is 11.1. The van der Waals surface area contributed by atoms with Gasteiger partial charge in [-0.3, -0.25) is 9.59 Å². The van der Waals surface area contributed by atoms with E-state index in [2.05, 4.69) is 27.7 Å². The van der Waals surface area contributed by atoms with Crippen LogP contribution in [0.1, 0.15) is 79.6 Å². The van der Waals surface area contributed by atoms with Crippen LogP contribution in [0.2, 0.25) is 0 Å². The molecule has 0 radical (unpaired) electrons. The number of hydrogen-bond acceptors (Lipinski definition) is 6. The first-order valence-corrected chi connectivity index (χ1v) is 11.1. The zero-order valence-electron chi connectivity index (χ0n) is 18.7. The monoisotopic (exact) mass is 408 g/mol. The Morgan fingerprint density at radius 2 is 1.83 bits per heavy atom. The maximum Gasteiger partial charge on any atom is 0.311 e. The Balaban J connectivity index is 1.70. The van der Waals surface area contributed by atoms with E-state index in [9.17, 15) is 9.59 Å². The highest BCUT2D eigenvalue weighted by atomic mass is 16.7. The van der Waals surface area contributed by atoms with Crippen molar-refractivity contribution in [2.24, 2.45) is 22.7 Å². The zero-order valence-corrected chi connectivity index (χ0v) is 18.7. The summed E-state index contributed by atoms with van der Waals surface area (Å²) in [6, 6.07) is 0. The Morgan fingerprint density at radius 1 is 1.10 bits per heavy atom. The van der Waals surface area contributed by atoms with Crippen LogP contribution < -0.4 is 0 Å². The first kappa shape index (κ1) is 21.1. The van der Waals surface area contributed by atoms with E-state index in [-0.39, 0.29) is 40.9 Å². The Labute approximate surface area is 174 Å². The Kier molecular flexibility index (Phi) is 4.86. The van der Waals surface area contributed by atoms with Gasteiger partial charge in [0.2, 0.25) is 6.29 Å². The number of rotatable bonds is 2. The van der Waals surface area contributed by atoms with Crippen LogP contribution in [0.4, 0.5) is 0 Å². The van der Waals surface area contributed by atoms with Gasteiger partial charge in [-0.15, -0.1) is 0 Å². The van der Waals surface area contributed by atoms with Crippen LogP contribution in [-0.4, -0.2) is 42.6 Å². The Morgan fingerprint density at radius 3 is 2.48 bits per heavy atom. The van der Waals surface area contributed by atoms with Gasteiger partial charge in [-0.05, 0) is 50.4 Å². The van der Waals surface area contributed by atoms with Gasteiger partial charge in [0.15, 0.2) is 0 Å². The van der Waals surface area contributed by atoms with Gasteiger partial charge in [0.05, 0.1) is 12.0 Å². The summed E-state index contributed by atoms with van der Waals surface area (Å²) in [6.45, 7) is 10.7. The number of ether oxygens (including phenoxy) is 4. The van der Waals surface area contributed by atoms with Gasteiger partial charge in [0.1, 0.15) is 11.7 Å². The normalized spacial score (nSPS) is 48.6. The number of methoxy groups -OCH3 is 1. The van der Waals surface area contributed by atoms with Crippen LogP contribution in [0.3, 0.4) is 0 Å². The van der Waals surface area contributed by atoms with Crippen LogP contribution in [0.5, 0.6) is 0 Å². The molecule has 2 aliphatic heterocycles. The maximum atomic E-state index is 12.1. The fraction of sp³-hybridized carbons (Fsp3) is 0.913. The standard InChI is InChI=1S/C23H36O6/c1-14-7-8-16-20(3,4)17(27-15(2)24)9-10-21(16,5)23(14)12-11-22(29-23)13-18(25)28-19(22)26-6/h14,16-17,19H,7-13H2,1-6H3/t14-,16+,17+,19+,21+,22+,23-/m1/s1. The molecule has 2 aliphatic carbocycles. The maximum absolute atomic E-state index is 12.1. The number of carbonyl (C=O) groups is 2. The molecule has 0 bridgehead atoms. The van der Waals surface area contributed by atoms with Gasteiger partial charge < -0.3 is 18.9 Å². The topological polar surface area (TPSA) is 71.1 Å². The van der Waals surface area contributed by atoms with Gasteiger partial charge >= 0.3 is 11.9 Å². The van der Waals surface area contributed by atoms with E-state index in [4.69, 9.17) is 18.9 Å². The minimum atomic E-state index is -0.679. The Hall–Kier alpha value is -1.14. The molecule has 4 aliphatic rings. The summed E-state index contributed by atoms with van der Waals surface area (Å²) >= 11 is 0. The summed E-state index contributed by atoms with van der Waals surface area (Å²) in [5, 5.41) is 0. The third-order valence-electron chi connectivity index (χ3n) is 9.01. The summed E-state index contributed by atoms with van der Waals surface area (Å²) in [4.78, 5) is 23.8. The lowest BCUT2D eigenvalue weighted by molar-refractivity contribution is -0.285. The van der Waals surface area contributed by atoms with E-state index in [0.29, 0.717) is 11.8 Å². The highest BCUT2D eigenvalue weighted by molar-refractivity contribution is 5.73. The molecule has 2 spiro atoms. The van der Waals surface area contributed by atoms with E-state index in [1.807, 2.05) is 0 Å². The molecule has 0 aromatic heterocycles. The van der Waals surface area contributed by atoms with Gasteiger partial charge in [-0.1, -0.05) is 27.7 Å². The summed E-state index contributed by atoms with van der Waals surface area (Å²) in [5.41, 5.74) is -1.19. The summed E-state index contributed by atoms with van der Waals surface area (Å²) in [5.74, 6) is 0.319. The van der Waals surface area contributed by atoms with Gasteiger partial charge in [0, 0.05) is 24.9 Å². The zero-order chi connectivity index (χ0) is 21.2. The van der Waals surface area contributed by atoms with Crippen molar-refractivity contribution < 1.29 is 28.5 Å². The van der Waals surface area contributed by atoms with Crippen molar-refractivity contribution in [3.05, 3.63) is 0 Å². The van der Waals surface area contributed by atoms with Crippen molar-refractivity contribution in [2.75, 3.05) is 7.11 Å². The van der Waals surface area contributed by atoms with E-state index in [0.717, 1.165) is 38.5 Å². The number of fused-ring (bicyclic) bond motifs is 2. The molecule has 0 unspecified atom stereocenters. The van der Waals surface area contributed by atoms with Crippen molar-refractivity contribution in [1.82, 2.24) is 0 Å². The summed E-state index contributed by atoms with van der Waals surface area (Å²) in [7, 11) is 1.58. The average molecular weight is 409 g/mol. The second kappa shape index (κ2) is 6.68. The predicted molar refractivity (Wildman–Crippen MR) is 106 cm³/mol.